The Kier molecular flexibility index (Phi) is 3.66. The third kappa shape index (κ3) is 3.17. The average Bonchev–Trinajstić information content (AvgIpc) is 2.38. The van der Waals surface area contributed by atoms with E-state index >= 15 is 0 Å². The Hall–Kier alpha value is -1.75. The highest BCUT2D eigenvalue weighted by Gasteiger charge is 2.30. The molecule has 1 aliphatic heterocycles. The van der Waals surface area contributed by atoms with Crippen molar-refractivity contribution in [3.63, 3.8) is 0 Å². The molecule has 0 saturated carbocycles. The minimum atomic E-state index is -0.805. The summed E-state index contributed by atoms with van der Waals surface area (Å²) >= 11 is 0. The first-order chi connectivity index (χ1) is 8.88. The van der Waals surface area contributed by atoms with E-state index in [9.17, 15) is 9.90 Å². The molecular formula is C14H21N3O2. The lowest BCUT2D eigenvalue weighted by atomic mass is 10.0. The number of hydrogen-bond acceptors (Lipinski definition) is 4. The monoisotopic (exact) mass is 263 g/mol. The fraction of sp³-hybridized carbons (Fsp3) is 0.500. The normalized spacial score (nSPS) is 16.6. The summed E-state index contributed by atoms with van der Waals surface area (Å²) in [7, 11) is 0. The van der Waals surface area contributed by atoms with E-state index < -0.39 is 5.54 Å². The molecule has 1 heterocycles. The minimum absolute atomic E-state index is 0.00199. The molecule has 19 heavy (non-hydrogen) atoms. The number of rotatable bonds is 2. The van der Waals surface area contributed by atoms with Crippen molar-refractivity contribution in [2.75, 3.05) is 31.1 Å². The van der Waals surface area contributed by atoms with E-state index in [-0.39, 0.29) is 11.7 Å². The Morgan fingerprint density at radius 3 is 2.16 bits per heavy atom. The Balaban J connectivity index is 1.96. The zero-order valence-corrected chi connectivity index (χ0v) is 11.5. The molecule has 1 fully saturated rings. The number of carbonyl (C=O) groups excluding carboxylic acids is 1. The maximum absolute atomic E-state index is 12.1. The maximum atomic E-state index is 12.1. The van der Waals surface area contributed by atoms with Crippen LogP contribution in [-0.4, -0.2) is 47.6 Å². The summed E-state index contributed by atoms with van der Waals surface area (Å²) in [6, 6.07) is 7.13. The van der Waals surface area contributed by atoms with Crippen molar-refractivity contribution in [3.8, 4) is 5.75 Å². The molecule has 2 rings (SSSR count). The lowest BCUT2D eigenvalue weighted by Gasteiger charge is -2.38. The van der Waals surface area contributed by atoms with Crippen LogP contribution in [0.15, 0.2) is 24.3 Å². The molecular weight excluding hydrogens is 242 g/mol. The van der Waals surface area contributed by atoms with E-state index in [1.807, 2.05) is 17.0 Å². The number of carbonyl (C=O) groups is 1. The molecule has 5 heteroatoms. The van der Waals surface area contributed by atoms with Crippen molar-refractivity contribution < 1.29 is 9.90 Å². The maximum Gasteiger partial charge on any atom is 0.242 e. The van der Waals surface area contributed by atoms with Crippen LogP contribution in [0.5, 0.6) is 5.75 Å². The molecule has 0 aliphatic carbocycles. The first-order valence-corrected chi connectivity index (χ1v) is 6.50. The summed E-state index contributed by atoms with van der Waals surface area (Å²) in [4.78, 5) is 16.1. The number of piperazine rings is 1. The van der Waals surface area contributed by atoms with E-state index in [1.165, 1.54) is 0 Å². The molecule has 0 bridgehead atoms. The van der Waals surface area contributed by atoms with Gasteiger partial charge in [0.05, 0.1) is 5.54 Å². The van der Waals surface area contributed by atoms with Crippen molar-refractivity contribution in [1.82, 2.24) is 4.90 Å². The number of nitrogens with zero attached hydrogens (tertiary/aromatic N) is 2. The first-order valence-electron chi connectivity index (χ1n) is 6.50. The largest absolute Gasteiger partial charge is 0.508 e. The number of amides is 1. The topological polar surface area (TPSA) is 69.8 Å². The zero-order chi connectivity index (χ0) is 14.0. The highest BCUT2D eigenvalue weighted by molar-refractivity contribution is 5.85. The van der Waals surface area contributed by atoms with Crippen LogP contribution in [0, 0.1) is 0 Å². The second kappa shape index (κ2) is 5.09. The molecule has 0 aromatic heterocycles. The van der Waals surface area contributed by atoms with Gasteiger partial charge in [0, 0.05) is 31.9 Å². The number of aromatic hydroxyl groups is 1. The molecule has 1 amide bonds. The van der Waals surface area contributed by atoms with Crippen LogP contribution < -0.4 is 10.6 Å². The summed E-state index contributed by atoms with van der Waals surface area (Å²) < 4.78 is 0. The number of phenols is 1. The average molecular weight is 263 g/mol. The third-order valence-electron chi connectivity index (χ3n) is 3.33. The predicted octanol–water partition coefficient (Wildman–Crippen LogP) is 0.778. The predicted molar refractivity (Wildman–Crippen MR) is 75.2 cm³/mol. The minimum Gasteiger partial charge on any atom is -0.508 e. The van der Waals surface area contributed by atoms with Gasteiger partial charge in [0.15, 0.2) is 0 Å². The lowest BCUT2D eigenvalue weighted by molar-refractivity contribution is -0.136. The number of hydrogen-bond donors (Lipinski definition) is 2. The van der Waals surface area contributed by atoms with Crippen LogP contribution in [0.25, 0.3) is 0 Å². The van der Waals surface area contributed by atoms with Gasteiger partial charge in [0.2, 0.25) is 5.91 Å². The van der Waals surface area contributed by atoms with Crippen LogP contribution in [0.1, 0.15) is 13.8 Å². The van der Waals surface area contributed by atoms with Crippen LogP contribution in [0.2, 0.25) is 0 Å². The van der Waals surface area contributed by atoms with Crippen LogP contribution >= 0.6 is 0 Å². The van der Waals surface area contributed by atoms with Crippen molar-refractivity contribution >= 4 is 11.6 Å². The van der Waals surface area contributed by atoms with E-state index in [1.54, 1.807) is 26.0 Å². The Morgan fingerprint density at radius 1 is 1.16 bits per heavy atom. The molecule has 104 valence electrons. The molecule has 1 saturated heterocycles. The van der Waals surface area contributed by atoms with Crippen LogP contribution in [-0.2, 0) is 4.79 Å². The molecule has 3 N–H and O–H groups in total. The van der Waals surface area contributed by atoms with Gasteiger partial charge in [0.25, 0.3) is 0 Å². The summed E-state index contributed by atoms with van der Waals surface area (Å²) in [5.74, 6) is 0.264. The molecule has 0 radical (unpaired) electrons. The smallest absolute Gasteiger partial charge is 0.242 e. The lowest BCUT2D eigenvalue weighted by Crippen LogP contribution is -2.57. The molecule has 0 spiro atoms. The van der Waals surface area contributed by atoms with Gasteiger partial charge in [-0.05, 0) is 38.1 Å². The Labute approximate surface area is 113 Å². The number of anilines is 1. The van der Waals surface area contributed by atoms with Gasteiger partial charge in [0.1, 0.15) is 5.75 Å². The molecule has 0 unspecified atom stereocenters. The molecule has 5 nitrogen and oxygen atoms in total. The van der Waals surface area contributed by atoms with Crippen molar-refractivity contribution in [2.24, 2.45) is 5.73 Å². The fourth-order valence-electron chi connectivity index (χ4n) is 2.24. The standard InChI is InChI=1S/C14H21N3O2/c1-14(2,15)13(19)17-9-7-16(8-10-17)11-3-5-12(18)6-4-11/h3-6,18H,7-10,15H2,1-2H3. The number of phenolic OH excluding ortho intramolecular Hbond substituents is 1. The van der Waals surface area contributed by atoms with Gasteiger partial charge in [-0.3, -0.25) is 4.79 Å². The van der Waals surface area contributed by atoms with Crippen LogP contribution in [0.4, 0.5) is 5.69 Å². The van der Waals surface area contributed by atoms with Gasteiger partial charge in [-0.1, -0.05) is 0 Å². The Morgan fingerprint density at radius 2 is 1.68 bits per heavy atom. The van der Waals surface area contributed by atoms with Crippen molar-refractivity contribution in [3.05, 3.63) is 24.3 Å². The van der Waals surface area contributed by atoms with E-state index in [2.05, 4.69) is 4.90 Å². The van der Waals surface area contributed by atoms with Gasteiger partial charge in [-0.2, -0.15) is 0 Å². The summed E-state index contributed by atoms with van der Waals surface area (Å²) in [5.41, 5.74) is 6.10. The zero-order valence-electron chi connectivity index (χ0n) is 11.5. The van der Waals surface area contributed by atoms with Crippen LogP contribution in [0.3, 0.4) is 0 Å². The molecule has 0 atom stereocenters. The quantitative estimate of drug-likeness (QED) is 0.827. The first kappa shape index (κ1) is 13.7. The van der Waals surface area contributed by atoms with Gasteiger partial charge in [-0.25, -0.2) is 0 Å². The van der Waals surface area contributed by atoms with Crippen molar-refractivity contribution in [2.45, 2.75) is 19.4 Å². The summed E-state index contributed by atoms with van der Waals surface area (Å²) in [5, 5.41) is 9.27. The summed E-state index contributed by atoms with van der Waals surface area (Å²) in [6.45, 7) is 6.41. The van der Waals surface area contributed by atoms with Gasteiger partial charge < -0.3 is 20.6 Å². The Bertz CT molecular complexity index is 443. The van der Waals surface area contributed by atoms with Crippen molar-refractivity contribution in [1.29, 1.82) is 0 Å². The molecule has 1 aliphatic rings. The summed E-state index contributed by atoms with van der Waals surface area (Å²) in [6.07, 6.45) is 0. The van der Waals surface area contributed by atoms with E-state index in [0.717, 1.165) is 18.8 Å². The number of nitrogens with two attached hydrogens (primary N) is 1. The molecule has 1 aromatic rings. The van der Waals surface area contributed by atoms with Gasteiger partial charge >= 0.3 is 0 Å². The second-order valence-electron chi connectivity index (χ2n) is 5.52. The van der Waals surface area contributed by atoms with E-state index in [4.69, 9.17) is 5.73 Å². The molecule has 1 aromatic carbocycles. The van der Waals surface area contributed by atoms with Gasteiger partial charge in [-0.15, -0.1) is 0 Å². The number of benzene rings is 1. The second-order valence-corrected chi connectivity index (χ2v) is 5.52. The highest BCUT2D eigenvalue weighted by atomic mass is 16.3. The van der Waals surface area contributed by atoms with E-state index in [0.29, 0.717) is 13.1 Å². The highest BCUT2D eigenvalue weighted by Crippen LogP contribution is 2.20. The fourth-order valence-corrected chi connectivity index (χ4v) is 2.24. The third-order valence-corrected chi connectivity index (χ3v) is 3.33. The SMILES string of the molecule is CC(C)(N)C(=O)N1CCN(c2ccc(O)cc2)CC1.